The molecule has 2 aromatic heterocycles. The molecule has 136 valence electrons. The van der Waals surface area contributed by atoms with Crippen LogP contribution in [0.3, 0.4) is 0 Å². The van der Waals surface area contributed by atoms with Gasteiger partial charge in [-0.15, -0.1) is 5.10 Å². The number of hydrogen-bond donors (Lipinski definition) is 0. The van der Waals surface area contributed by atoms with Gasteiger partial charge in [0.15, 0.2) is 17.8 Å². The third kappa shape index (κ3) is 1.92. The molecule has 0 fully saturated rings. The van der Waals surface area contributed by atoms with E-state index in [4.69, 9.17) is 4.99 Å². The molecule has 28 heavy (non-hydrogen) atoms. The van der Waals surface area contributed by atoms with Crippen LogP contribution in [-0.2, 0) is 0 Å². The zero-order valence-corrected chi connectivity index (χ0v) is 14.5. The summed E-state index contributed by atoms with van der Waals surface area (Å²) in [7, 11) is 0. The minimum atomic E-state index is -0.379. The Morgan fingerprint density at radius 3 is 2.61 bits per heavy atom. The van der Waals surface area contributed by atoms with E-state index in [9.17, 15) is 4.39 Å². The fraction of sp³-hybridized carbons (Fsp3) is 0.0526. The highest BCUT2D eigenvalue weighted by molar-refractivity contribution is 5.86. The Bertz CT molecular complexity index is 1230. The van der Waals surface area contributed by atoms with Crippen LogP contribution in [0.15, 0.2) is 72.2 Å². The molecule has 0 N–H and O–H groups in total. The van der Waals surface area contributed by atoms with Crippen LogP contribution >= 0.6 is 0 Å². The SMILES string of the molecule is Fc1ccccc1-n1nncc1N1C=NC2c3ccccc3-n3cncc3N21. The average Bonchev–Trinajstić information content (AvgIpc) is 3.46. The number of nitrogens with zero attached hydrogens (tertiary/aromatic N) is 8. The minimum Gasteiger partial charge on any atom is -0.284 e. The van der Waals surface area contributed by atoms with Crippen molar-refractivity contribution in [2.24, 2.45) is 4.99 Å². The molecule has 0 bridgehead atoms. The summed E-state index contributed by atoms with van der Waals surface area (Å²) in [5.41, 5.74) is 2.41. The maximum absolute atomic E-state index is 14.4. The molecule has 1 unspecified atom stereocenters. The van der Waals surface area contributed by atoms with E-state index in [1.807, 2.05) is 38.9 Å². The number of benzene rings is 2. The maximum Gasteiger partial charge on any atom is 0.177 e. The Morgan fingerprint density at radius 2 is 1.71 bits per heavy atom. The van der Waals surface area contributed by atoms with Gasteiger partial charge >= 0.3 is 0 Å². The van der Waals surface area contributed by atoms with Crippen LogP contribution in [0.25, 0.3) is 11.4 Å². The average molecular weight is 372 g/mol. The zero-order valence-electron chi connectivity index (χ0n) is 14.5. The lowest BCUT2D eigenvalue weighted by molar-refractivity contribution is 0.604. The number of imidazole rings is 1. The lowest BCUT2D eigenvalue weighted by Gasteiger charge is -2.37. The zero-order chi connectivity index (χ0) is 18.7. The number of aromatic nitrogens is 5. The van der Waals surface area contributed by atoms with Crippen molar-refractivity contribution >= 4 is 18.0 Å². The predicted octanol–water partition coefficient (Wildman–Crippen LogP) is 2.87. The van der Waals surface area contributed by atoms with Gasteiger partial charge < -0.3 is 0 Å². The van der Waals surface area contributed by atoms with E-state index < -0.39 is 0 Å². The second-order valence-corrected chi connectivity index (χ2v) is 6.46. The Morgan fingerprint density at radius 1 is 0.893 bits per heavy atom. The molecule has 0 saturated carbocycles. The van der Waals surface area contributed by atoms with E-state index in [-0.39, 0.29) is 12.0 Å². The number of rotatable bonds is 2. The van der Waals surface area contributed by atoms with E-state index in [2.05, 4.69) is 15.3 Å². The van der Waals surface area contributed by atoms with Gasteiger partial charge in [0.05, 0.1) is 18.1 Å². The quantitative estimate of drug-likeness (QED) is 0.541. The van der Waals surface area contributed by atoms with Crippen molar-refractivity contribution in [1.29, 1.82) is 0 Å². The normalized spacial score (nSPS) is 16.8. The number of fused-ring (bicyclic) bond motifs is 6. The molecule has 0 saturated heterocycles. The van der Waals surface area contributed by atoms with Gasteiger partial charge in [0, 0.05) is 5.56 Å². The summed E-state index contributed by atoms with van der Waals surface area (Å²) in [6.07, 6.45) is 6.60. The van der Waals surface area contributed by atoms with E-state index >= 15 is 0 Å². The van der Waals surface area contributed by atoms with Gasteiger partial charge in [0.2, 0.25) is 0 Å². The number of halogens is 1. The van der Waals surface area contributed by atoms with Gasteiger partial charge in [0.1, 0.15) is 24.2 Å². The Kier molecular flexibility index (Phi) is 2.96. The molecule has 4 aromatic rings. The van der Waals surface area contributed by atoms with Crippen LogP contribution in [-0.4, -0.2) is 30.9 Å². The van der Waals surface area contributed by atoms with E-state index in [0.717, 1.165) is 17.1 Å². The molecular formula is C19H13FN8. The van der Waals surface area contributed by atoms with E-state index in [1.54, 1.807) is 43.3 Å². The fourth-order valence-corrected chi connectivity index (χ4v) is 3.73. The number of hydrogen-bond acceptors (Lipinski definition) is 6. The third-order valence-corrected chi connectivity index (χ3v) is 4.96. The first-order chi connectivity index (χ1) is 13.8. The summed E-state index contributed by atoms with van der Waals surface area (Å²) in [6.45, 7) is 0. The highest BCUT2D eigenvalue weighted by Gasteiger charge is 2.39. The second kappa shape index (κ2) is 5.49. The molecule has 1 atom stereocenters. The van der Waals surface area contributed by atoms with Crippen molar-refractivity contribution in [3.8, 4) is 11.4 Å². The predicted molar refractivity (Wildman–Crippen MR) is 101 cm³/mol. The topological polar surface area (TPSA) is 67.4 Å². The van der Waals surface area contributed by atoms with Gasteiger partial charge in [-0.2, -0.15) is 4.68 Å². The Hall–Kier alpha value is -4.01. The summed E-state index contributed by atoms with van der Waals surface area (Å²) in [5, 5.41) is 11.9. The maximum atomic E-state index is 14.4. The van der Waals surface area contributed by atoms with Crippen molar-refractivity contribution in [2.75, 3.05) is 10.0 Å². The molecule has 9 heteroatoms. The lowest BCUT2D eigenvalue weighted by atomic mass is 10.1. The number of anilines is 2. The lowest BCUT2D eigenvalue weighted by Crippen LogP contribution is -2.43. The van der Waals surface area contributed by atoms with Crippen LogP contribution in [0, 0.1) is 5.82 Å². The number of hydrazine groups is 1. The van der Waals surface area contributed by atoms with Gasteiger partial charge in [-0.05, 0) is 18.2 Å². The Balaban J connectivity index is 1.51. The molecule has 2 aliphatic heterocycles. The number of para-hydroxylation sites is 2. The molecule has 0 aliphatic carbocycles. The van der Waals surface area contributed by atoms with E-state index in [1.165, 1.54) is 10.7 Å². The summed E-state index contributed by atoms with van der Waals surface area (Å²) in [5.74, 6) is 1.04. The summed E-state index contributed by atoms with van der Waals surface area (Å²) < 4.78 is 17.8. The van der Waals surface area contributed by atoms with Gasteiger partial charge in [0.25, 0.3) is 0 Å². The van der Waals surface area contributed by atoms with Crippen LogP contribution in [0.1, 0.15) is 11.7 Å². The van der Waals surface area contributed by atoms with Crippen LogP contribution in [0.4, 0.5) is 16.0 Å². The third-order valence-electron chi connectivity index (χ3n) is 4.96. The van der Waals surface area contributed by atoms with Crippen molar-refractivity contribution in [1.82, 2.24) is 24.5 Å². The highest BCUT2D eigenvalue weighted by atomic mass is 19.1. The fourth-order valence-electron chi connectivity index (χ4n) is 3.73. The summed E-state index contributed by atoms with van der Waals surface area (Å²) in [4.78, 5) is 9.01. The smallest absolute Gasteiger partial charge is 0.177 e. The van der Waals surface area contributed by atoms with Crippen LogP contribution in [0.5, 0.6) is 0 Å². The Labute approximate surface area is 158 Å². The van der Waals surface area contributed by atoms with Crippen molar-refractivity contribution in [3.05, 3.63) is 78.6 Å². The molecule has 0 amide bonds. The molecule has 2 aromatic carbocycles. The molecule has 2 aliphatic rings. The molecule has 4 heterocycles. The summed E-state index contributed by atoms with van der Waals surface area (Å²) in [6, 6.07) is 14.5. The summed E-state index contributed by atoms with van der Waals surface area (Å²) >= 11 is 0. The first kappa shape index (κ1) is 15.1. The molecular weight excluding hydrogens is 359 g/mol. The molecule has 8 nitrogen and oxygen atoms in total. The van der Waals surface area contributed by atoms with Crippen LogP contribution < -0.4 is 10.0 Å². The monoisotopic (exact) mass is 372 g/mol. The van der Waals surface area contributed by atoms with Crippen LogP contribution in [0.2, 0.25) is 0 Å². The molecule has 6 rings (SSSR count). The largest absolute Gasteiger partial charge is 0.284 e. The molecule has 0 spiro atoms. The number of aliphatic imine (C=N–C) groups is 1. The molecule has 0 radical (unpaired) electrons. The van der Waals surface area contributed by atoms with Gasteiger partial charge in [-0.25, -0.2) is 24.4 Å². The van der Waals surface area contributed by atoms with Crippen molar-refractivity contribution in [3.63, 3.8) is 0 Å². The van der Waals surface area contributed by atoms with Gasteiger partial charge in [-0.3, -0.25) is 4.57 Å². The first-order valence-corrected chi connectivity index (χ1v) is 8.72. The van der Waals surface area contributed by atoms with E-state index in [0.29, 0.717) is 11.5 Å². The minimum absolute atomic E-state index is 0.246. The van der Waals surface area contributed by atoms with Gasteiger partial charge in [-0.1, -0.05) is 35.5 Å². The van der Waals surface area contributed by atoms with Crippen molar-refractivity contribution in [2.45, 2.75) is 6.17 Å². The first-order valence-electron chi connectivity index (χ1n) is 8.72. The standard InChI is InChI=1S/C19H13FN8/c20-14-6-2-4-8-16(14)27-18(10-23-24-27)26-12-22-19-13-5-1-3-7-15(13)25-11-21-9-17(25)28(19)26/h1-12,19H. The highest BCUT2D eigenvalue weighted by Crippen LogP contribution is 2.42. The second-order valence-electron chi connectivity index (χ2n) is 6.46. The van der Waals surface area contributed by atoms with Crippen molar-refractivity contribution < 1.29 is 4.39 Å².